The quantitative estimate of drug-likeness (QED) is 0.921. The summed E-state index contributed by atoms with van der Waals surface area (Å²) in [5, 5.41) is 3.81. The zero-order valence-corrected chi connectivity index (χ0v) is 12.9. The van der Waals surface area contributed by atoms with E-state index >= 15 is 0 Å². The van der Waals surface area contributed by atoms with E-state index in [1.165, 1.54) is 0 Å². The van der Waals surface area contributed by atoms with Crippen molar-refractivity contribution in [3.63, 3.8) is 0 Å². The number of benzene rings is 1. The molecule has 5 heteroatoms. The Balaban J connectivity index is 1.91. The minimum absolute atomic E-state index is 0.0396. The number of rotatable bonds is 4. The molecule has 1 aromatic rings. The molecular formula is C15H22ClN3O. The van der Waals surface area contributed by atoms with Gasteiger partial charge in [0, 0.05) is 49.4 Å². The predicted octanol–water partition coefficient (Wildman–Crippen LogP) is 1.84. The summed E-state index contributed by atoms with van der Waals surface area (Å²) < 4.78 is 0. The first-order valence-electron chi connectivity index (χ1n) is 7.05. The molecule has 0 saturated carbocycles. The molecule has 1 amide bonds. The van der Waals surface area contributed by atoms with Crippen molar-refractivity contribution in [3.05, 3.63) is 29.3 Å². The van der Waals surface area contributed by atoms with Crippen LogP contribution < -0.4 is 10.2 Å². The Labute approximate surface area is 125 Å². The summed E-state index contributed by atoms with van der Waals surface area (Å²) in [6.45, 7) is 5.98. The second kappa shape index (κ2) is 6.95. The van der Waals surface area contributed by atoms with Gasteiger partial charge in [0.05, 0.1) is 0 Å². The Bertz CT molecular complexity index is 458. The Morgan fingerprint density at radius 2 is 2.05 bits per heavy atom. The second-order valence-corrected chi connectivity index (χ2v) is 5.69. The van der Waals surface area contributed by atoms with Gasteiger partial charge in [0.15, 0.2) is 0 Å². The molecule has 0 spiro atoms. The molecule has 20 heavy (non-hydrogen) atoms. The van der Waals surface area contributed by atoms with Crippen molar-refractivity contribution < 1.29 is 4.79 Å². The van der Waals surface area contributed by atoms with E-state index in [1.54, 1.807) is 0 Å². The lowest BCUT2D eigenvalue weighted by molar-refractivity contribution is -0.135. The molecule has 1 saturated heterocycles. The fourth-order valence-electron chi connectivity index (χ4n) is 2.56. The van der Waals surface area contributed by atoms with Gasteiger partial charge in [0.25, 0.3) is 0 Å². The molecule has 2 rings (SSSR count). The molecule has 4 nitrogen and oxygen atoms in total. The maximum atomic E-state index is 12.2. The van der Waals surface area contributed by atoms with Gasteiger partial charge in [-0.3, -0.25) is 4.79 Å². The Morgan fingerprint density at radius 3 is 2.65 bits per heavy atom. The zero-order valence-electron chi connectivity index (χ0n) is 12.1. The minimum Gasteiger partial charge on any atom is -0.368 e. The van der Waals surface area contributed by atoms with Gasteiger partial charge in [0.1, 0.15) is 0 Å². The fourth-order valence-corrected chi connectivity index (χ4v) is 2.75. The van der Waals surface area contributed by atoms with Crippen molar-refractivity contribution in [2.45, 2.75) is 6.92 Å². The summed E-state index contributed by atoms with van der Waals surface area (Å²) in [5.41, 5.74) is 1.13. The molecule has 1 aliphatic heterocycles. The first kappa shape index (κ1) is 15.1. The molecule has 1 atom stereocenters. The molecule has 1 N–H and O–H groups in total. The molecule has 0 aromatic heterocycles. The third-order valence-corrected chi connectivity index (χ3v) is 3.93. The number of hydrogen-bond acceptors (Lipinski definition) is 3. The third kappa shape index (κ3) is 3.64. The lowest BCUT2D eigenvalue weighted by Crippen LogP contribution is -2.51. The highest BCUT2D eigenvalue weighted by Gasteiger charge is 2.24. The van der Waals surface area contributed by atoms with Crippen LogP contribution in [0.3, 0.4) is 0 Å². The van der Waals surface area contributed by atoms with Crippen LogP contribution in [0, 0.1) is 5.92 Å². The van der Waals surface area contributed by atoms with Gasteiger partial charge in [-0.15, -0.1) is 0 Å². The average molecular weight is 296 g/mol. The number of nitrogens with zero attached hydrogens (tertiary/aromatic N) is 2. The maximum Gasteiger partial charge on any atom is 0.226 e. The highest BCUT2D eigenvalue weighted by atomic mass is 35.5. The Morgan fingerprint density at radius 1 is 1.35 bits per heavy atom. The summed E-state index contributed by atoms with van der Waals surface area (Å²) >= 11 is 6.02. The summed E-state index contributed by atoms with van der Waals surface area (Å²) in [7, 11) is 1.88. The third-order valence-electron chi connectivity index (χ3n) is 3.70. The topological polar surface area (TPSA) is 35.6 Å². The van der Waals surface area contributed by atoms with Crippen LogP contribution in [-0.4, -0.2) is 50.6 Å². The normalized spacial score (nSPS) is 17.1. The van der Waals surface area contributed by atoms with Gasteiger partial charge < -0.3 is 15.1 Å². The van der Waals surface area contributed by atoms with Gasteiger partial charge >= 0.3 is 0 Å². The molecule has 1 unspecified atom stereocenters. The van der Waals surface area contributed by atoms with Crippen LogP contribution in [0.1, 0.15) is 6.92 Å². The highest BCUT2D eigenvalue weighted by molar-refractivity contribution is 6.30. The van der Waals surface area contributed by atoms with Crippen LogP contribution in [0.15, 0.2) is 24.3 Å². The van der Waals surface area contributed by atoms with Gasteiger partial charge in [-0.25, -0.2) is 0 Å². The number of carbonyl (C=O) groups excluding carboxylic acids is 1. The number of anilines is 1. The largest absolute Gasteiger partial charge is 0.368 e. The smallest absolute Gasteiger partial charge is 0.226 e. The van der Waals surface area contributed by atoms with E-state index < -0.39 is 0 Å². The molecule has 110 valence electrons. The standard InChI is InChI=1S/C15H22ClN3O/c1-12(11-17-2)15(20)19-8-6-18(7-9-19)14-5-3-4-13(16)10-14/h3-5,10,12,17H,6-9,11H2,1-2H3. The Kier molecular flexibility index (Phi) is 5.26. The van der Waals surface area contributed by atoms with E-state index in [9.17, 15) is 4.79 Å². The predicted molar refractivity (Wildman–Crippen MR) is 83.3 cm³/mol. The molecular weight excluding hydrogens is 274 g/mol. The van der Waals surface area contributed by atoms with Gasteiger partial charge in [-0.1, -0.05) is 24.6 Å². The second-order valence-electron chi connectivity index (χ2n) is 5.25. The summed E-state index contributed by atoms with van der Waals surface area (Å²) in [6.07, 6.45) is 0. The van der Waals surface area contributed by atoms with E-state index in [-0.39, 0.29) is 11.8 Å². The van der Waals surface area contributed by atoms with Gasteiger partial charge in [0.2, 0.25) is 5.91 Å². The fraction of sp³-hybridized carbons (Fsp3) is 0.533. The van der Waals surface area contributed by atoms with E-state index in [0.717, 1.165) is 43.4 Å². The lowest BCUT2D eigenvalue weighted by atomic mass is 10.1. The van der Waals surface area contributed by atoms with Crippen LogP contribution in [0.4, 0.5) is 5.69 Å². The van der Waals surface area contributed by atoms with Crippen molar-refractivity contribution in [1.29, 1.82) is 0 Å². The van der Waals surface area contributed by atoms with E-state index in [0.29, 0.717) is 0 Å². The number of halogens is 1. The van der Waals surface area contributed by atoms with Crippen molar-refractivity contribution in [2.24, 2.45) is 5.92 Å². The first-order chi connectivity index (χ1) is 9.61. The molecule has 0 bridgehead atoms. The molecule has 0 aliphatic carbocycles. The van der Waals surface area contributed by atoms with Crippen LogP contribution in [0.5, 0.6) is 0 Å². The summed E-state index contributed by atoms with van der Waals surface area (Å²) in [6, 6.07) is 7.88. The monoisotopic (exact) mass is 295 g/mol. The van der Waals surface area contributed by atoms with Gasteiger partial charge in [-0.05, 0) is 25.2 Å². The van der Waals surface area contributed by atoms with Crippen molar-refractivity contribution >= 4 is 23.2 Å². The van der Waals surface area contributed by atoms with Crippen LogP contribution in [-0.2, 0) is 4.79 Å². The van der Waals surface area contributed by atoms with Crippen molar-refractivity contribution in [1.82, 2.24) is 10.2 Å². The number of piperazine rings is 1. The summed E-state index contributed by atoms with van der Waals surface area (Å²) in [4.78, 5) is 16.5. The lowest BCUT2D eigenvalue weighted by Gasteiger charge is -2.37. The zero-order chi connectivity index (χ0) is 14.5. The van der Waals surface area contributed by atoms with E-state index in [1.807, 2.05) is 37.1 Å². The number of nitrogens with one attached hydrogen (secondary N) is 1. The SMILES string of the molecule is CNCC(C)C(=O)N1CCN(c2cccc(Cl)c2)CC1. The number of carbonyl (C=O) groups is 1. The summed E-state index contributed by atoms with van der Waals surface area (Å²) in [5.74, 6) is 0.280. The maximum absolute atomic E-state index is 12.2. The van der Waals surface area contributed by atoms with Crippen molar-refractivity contribution in [3.8, 4) is 0 Å². The molecule has 0 radical (unpaired) electrons. The van der Waals surface area contributed by atoms with E-state index in [4.69, 9.17) is 11.6 Å². The molecule has 1 aliphatic rings. The number of hydrogen-bond donors (Lipinski definition) is 1. The van der Waals surface area contributed by atoms with Crippen molar-refractivity contribution in [2.75, 3.05) is 44.7 Å². The van der Waals surface area contributed by atoms with E-state index in [2.05, 4.69) is 16.3 Å². The van der Waals surface area contributed by atoms with Crippen LogP contribution in [0.2, 0.25) is 5.02 Å². The number of amides is 1. The first-order valence-corrected chi connectivity index (χ1v) is 7.43. The highest BCUT2D eigenvalue weighted by Crippen LogP contribution is 2.21. The van der Waals surface area contributed by atoms with Gasteiger partial charge in [-0.2, -0.15) is 0 Å². The molecule has 1 heterocycles. The Hall–Kier alpha value is -1.26. The van der Waals surface area contributed by atoms with Crippen LogP contribution >= 0.6 is 11.6 Å². The molecule has 1 fully saturated rings. The minimum atomic E-state index is 0.0396. The van der Waals surface area contributed by atoms with Crippen LogP contribution in [0.25, 0.3) is 0 Å². The molecule has 1 aromatic carbocycles. The average Bonchev–Trinajstić information content (AvgIpc) is 2.47.